The second-order valence-corrected chi connectivity index (χ2v) is 7.33. The van der Waals surface area contributed by atoms with Gasteiger partial charge in [0.2, 0.25) is 15.9 Å². The Bertz CT molecular complexity index is 612. The van der Waals surface area contributed by atoms with E-state index in [9.17, 15) is 13.2 Å². The molecule has 0 bridgehead atoms. The highest BCUT2D eigenvalue weighted by molar-refractivity contribution is 9.10. The number of sulfonamides is 1. The zero-order valence-electron chi connectivity index (χ0n) is 10.7. The molecular weight excluding hydrogens is 346 g/mol. The Kier molecular flexibility index (Phi) is 4.79. The Morgan fingerprint density at radius 2 is 2.15 bits per heavy atom. The summed E-state index contributed by atoms with van der Waals surface area (Å²) < 4.78 is 27.8. The Morgan fingerprint density at radius 3 is 2.75 bits per heavy atom. The number of halogens is 1. The summed E-state index contributed by atoms with van der Waals surface area (Å²) in [4.78, 5) is 11.2. The molecule has 0 aliphatic carbocycles. The molecule has 1 saturated heterocycles. The zero-order chi connectivity index (χ0) is 14.8. The number of carbonyl (C=O) groups is 1. The predicted octanol–water partition coefficient (Wildman–Crippen LogP) is 0.578. The van der Waals surface area contributed by atoms with Crippen molar-refractivity contribution in [3.63, 3.8) is 0 Å². The second-order valence-electron chi connectivity index (χ2n) is 4.70. The largest absolute Gasteiger partial charge is 0.366 e. The molecule has 0 aromatic heterocycles. The number of primary amides is 1. The van der Waals surface area contributed by atoms with Crippen molar-refractivity contribution in [1.29, 1.82) is 0 Å². The van der Waals surface area contributed by atoms with Crippen molar-refractivity contribution in [3.05, 3.63) is 28.2 Å². The minimum Gasteiger partial charge on any atom is -0.366 e. The first-order valence-corrected chi connectivity index (χ1v) is 8.49. The molecular formula is C12H16BrN3O3S. The lowest BCUT2D eigenvalue weighted by Crippen LogP contribution is -2.45. The van der Waals surface area contributed by atoms with Gasteiger partial charge in [-0.2, -0.15) is 0 Å². The van der Waals surface area contributed by atoms with E-state index in [4.69, 9.17) is 5.73 Å². The Morgan fingerprint density at radius 1 is 1.40 bits per heavy atom. The summed E-state index contributed by atoms with van der Waals surface area (Å²) in [6.07, 6.45) is 1.72. The number of nitrogens with two attached hydrogens (primary N) is 1. The van der Waals surface area contributed by atoms with Gasteiger partial charge in [-0.1, -0.05) is 15.9 Å². The second kappa shape index (κ2) is 6.21. The van der Waals surface area contributed by atoms with Gasteiger partial charge in [-0.15, -0.1) is 0 Å². The Balaban J connectivity index is 2.26. The molecule has 4 N–H and O–H groups in total. The van der Waals surface area contributed by atoms with Crippen LogP contribution < -0.4 is 15.8 Å². The lowest BCUT2D eigenvalue weighted by atomic mass is 10.1. The van der Waals surface area contributed by atoms with Gasteiger partial charge in [-0.05, 0) is 37.6 Å². The number of piperidine rings is 1. The van der Waals surface area contributed by atoms with E-state index in [0.29, 0.717) is 11.0 Å². The molecule has 0 unspecified atom stereocenters. The molecule has 6 nitrogen and oxygen atoms in total. The Hall–Kier alpha value is -0.960. The molecule has 0 saturated carbocycles. The molecule has 1 aromatic rings. The molecule has 8 heteroatoms. The fourth-order valence-corrected chi connectivity index (χ4v) is 4.09. The first-order valence-electron chi connectivity index (χ1n) is 6.22. The fourth-order valence-electron chi connectivity index (χ4n) is 2.10. The van der Waals surface area contributed by atoms with Gasteiger partial charge in [0.15, 0.2) is 0 Å². The number of hydrogen-bond acceptors (Lipinski definition) is 4. The molecule has 1 aliphatic heterocycles. The smallest absolute Gasteiger partial charge is 0.248 e. The van der Waals surface area contributed by atoms with E-state index in [1.807, 2.05) is 0 Å². The van der Waals surface area contributed by atoms with Crippen LogP contribution in [-0.4, -0.2) is 33.5 Å². The molecule has 1 heterocycles. The molecule has 1 fully saturated rings. The highest BCUT2D eigenvalue weighted by Crippen LogP contribution is 2.20. The van der Waals surface area contributed by atoms with E-state index in [0.717, 1.165) is 19.4 Å². The maximum atomic E-state index is 12.3. The van der Waals surface area contributed by atoms with Crippen LogP contribution in [0.1, 0.15) is 23.2 Å². The topological polar surface area (TPSA) is 101 Å². The third kappa shape index (κ3) is 3.78. The average Bonchev–Trinajstić information content (AvgIpc) is 2.38. The number of nitrogens with one attached hydrogen (secondary N) is 2. The number of benzene rings is 1. The maximum absolute atomic E-state index is 12.3. The SMILES string of the molecule is NC(=O)c1cc(Br)cc(S(=O)(=O)N[C@@H]2CCCNC2)c1. The van der Waals surface area contributed by atoms with Gasteiger partial charge in [-0.3, -0.25) is 4.79 Å². The summed E-state index contributed by atoms with van der Waals surface area (Å²) in [5.41, 5.74) is 5.35. The lowest BCUT2D eigenvalue weighted by molar-refractivity contribution is 0.1000. The summed E-state index contributed by atoms with van der Waals surface area (Å²) >= 11 is 3.19. The summed E-state index contributed by atoms with van der Waals surface area (Å²) in [5, 5.41) is 3.14. The molecule has 20 heavy (non-hydrogen) atoms. The molecule has 1 aromatic carbocycles. The van der Waals surface area contributed by atoms with Crippen LogP contribution in [-0.2, 0) is 10.0 Å². The highest BCUT2D eigenvalue weighted by Gasteiger charge is 2.22. The summed E-state index contributed by atoms with van der Waals surface area (Å²) in [5.74, 6) is -0.665. The van der Waals surface area contributed by atoms with E-state index in [2.05, 4.69) is 26.0 Å². The van der Waals surface area contributed by atoms with Crippen LogP contribution in [0.4, 0.5) is 0 Å². The van der Waals surface area contributed by atoms with E-state index in [1.54, 1.807) is 0 Å². The van der Waals surface area contributed by atoms with Crippen LogP contribution >= 0.6 is 15.9 Å². The zero-order valence-corrected chi connectivity index (χ0v) is 13.1. The van der Waals surface area contributed by atoms with Crippen molar-refractivity contribution in [3.8, 4) is 0 Å². The molecule has 0 radical (unpaired) electrons. The molecule has 2 rings (SSSR count). The third-order valence-corrected chi connectivity index (χ3v) is 5.04. The molecule has 110 valence electrons. The van der Waals surface area contributed by atoms with Gasteiger partial charge in [0.05, 0.1) is 4.90 Å². The van der Waals surface area contributed by atoms with Crippen molar-refractivity contribution in [2.45, 2.75) is 23.8 Å². The van der Waals surface area contributed by atoms with Crippen LogP contribution in [0.2, 0.25) is 0 Å². The van der Waals surface area contributed by atoms with Gasteiger partial charge < -0.3 is 11.1 Å². The van der Waals surface area contributed by atoms with Crippen LogP contribution in [0, 0.1) is 0 Å². The molecule has 0 spiro atoms. The van der Waals surface area contributed by atoms with Crippen LogP contribution in [0.25, 0.3) is 0 Å². The third-order valence-electron chi connectivity index (χ3n) is 3.08. The minimum absolute atomic E-state index is 0.0336. The summed E-state index contributed by atoms with van der Waals surface area (Å²) in [7, 11) is -3.67. The van der Waals surface area contributed by atoms with Gasteiger partial charge in [0.25, 0.3) is 0 Å². The van der Waals surface area contributed by atoms with Crippen molar-refractivity contribution in [2.75, 3.05) is 13.1 Å². The van der Waals surface area contributed by atoms with Crippen LogP contribution in [0.3, 0.4) is 0 Å². The van der Waals surface area contributed by atoms with E-state index >= 15 is 0 Å². The standard InChI is InChI=1S/C12H16BrN3O3S/c13-9-4-8(12(14)17)5-11(6-9)20(18,19)16-10-2-1-3-15-7-10/h4-6,10,15-16H,1-3,7H2,(H2,14,17)/t10-/m1/s1. The number of rotatable bonds is 4. The van der Waals surface area contributed by atoms with Gasteiger partial charge in [0.1, 0.15) is 0 Å². The lowest BCUT2D eigenvalue weighted by Gasteiger charge is -2.23. The monoisotopic (exact) mass is 361 g/mol. The van der Waals surface area contributed by atoms with Crippen molar-refractivity contribution in [1.82, 2.24) is 10.0 Å². The summed E-state index contributed by atoms with van der Waals surface area (Å²) in [6, 6.07) is 4.09. The first kappa shape index (κ1) is 15.4. The number of hydrogen-bond donors (Lipinski definition) is 3. The van der Waals surface area contributed by atoms with Crippen molar-refractivity contribution < 1.29 is 13.2 Å². The molecule has 1 amide bonds. The van der Waals surface area contributed by atoms with E-state index < -0.39 is 15.9 Å². The fraction of sp³-hybridized carbons (Fsp3) is 0.417. The first-order chi connectivity index (χ1) is 9.38. The van der Waals surface area contributed by atoms with Crippen molar-refractivity contribution in [2.24, 2.45) is 5.73 Å². The van der Waals surface area contributed by atoms with Crippen LogP contribution in [0.5, 0.6) is 0 Å². The Labute approximate surface area is 126 Å². The average molecular weight is 362 g/mol. The van der Waals surface area contributed by atoms with Gasteiger partial charge in [0, 0.05) is 22.6 Å². The minimum atomic E-state index is -3.67. The quantitative estimate of drug-likeness (QED) is 0.729. The predicted molar refractivity (Wildman–Crippen MR) is 78.9 cm³/mol. The number of carbonyl (C=O) groups excluding carboxylic acids is 1. The molecule has 1 atom stereocenters. The van der Waals surface area contributed by atoms with Gasteiger partial charge in [-0.25, -0.2) is 13.1 Å². The van der Waals surface area contributed by atoms with E-state index in [-0.39, 0.29) is 16.5 Å². The van der Waals surface area contributed by atoms with Crippen LogP contribution in [0.15, 0.2) is 27.6 Å². The van der Waals surface area contributed by atoms with Crippen molar-refractivity contribution >= 4 is 31.9 Å². The van der Waals surface area contributed by atoms with E-state index in [1.165, 1.54) is 18.2 Å². The van der Waals surface area contributed by atoms with Gasteiger partial charge >= 0.3 is 0 Å². The molecule has 1 aliphatic rings. The number of amides is 1. The maximum Gasteiger partial charge on any atom is 0.248 e. The summed E-state index contributed by atoms with van der Waals surface area (Å²) in [6.45, 7) is 1.51. The highest BCUT2D eigenvalue weighted by atomic mass is 79.9. The normalized spacial score (nSPS) is 19.8.